The second-order valence-corrected chi connectivity index (χ2v) is 6.37. The molecular weight excluding hydrogens is 372 g/mol. The average molecular weight is 386 g/mol. The molecule has 3 rings (SSSR count). The van der Waals surface area contributed by atoms with Crippen LogP contribution in [0.15, 0.2) is 45.4 Å². The van der Waals surface area contributed by atoms with Crippen LogP contribution in [-0.4, -0.2) is 33.4 Å². The van der Waals surface area contributed by atoms with E-state index < -0.39 is 35.3 Å². The smallest absolute Gasteiger partial charge is 0.345 e. The Labute approximate surface area is 156 Å². The van der Waals surface area contributed by atoms with Crippen LogP contribution in [0.25, 0.3) is 11.3 Å². The first-order chi connectivity index (χ1) is 12.9. The van der Waals surface area contributed by atoms with Crippen molar-refractivity contribution in [1.82, 2.24) is 15.0 Å². The Hall–Kier alpha value is -3.53. The zero-order chi connectivity index (χ0) is 19.4. The first kappa shape index (κ1) is 18.3. The molecule has 0 unspecified atom stereocenters. The number of rotatable bonds is 5. The molecular formula is C17H14N4O5S. The van der Waals surface area contributed by atoms with Crippen molar-refractivity contribution in [3.8, 4) is 11.3 Å². The number of benzene rings is 1. The molecule has 27 heavy (non-hydrogen) atoms. The highest BCUT2D eigenvalue weighted by molar-refractivity contribution is 7.14. The quantitative estimate of drug-likeness (QED) is 0.566. The Bertz CT molecular complexity index is 1100. The molecule has 9 nitrogen and oxygen atoms in total. The summed E-state index contributed by atoms with van der Waals surface area (Å²) in [5.41, 5.74) is 0.714. The molecule has 2 heterocycles. The minimum Gasteiger partial charge on any atom is -0.452 e. The Balaban J connectivity index is 1.58. The third kappa shape index (κ3) is 4.55. The average Bonchev–Trinajstić information content (AvgIpc) is 3.08. The molecule has 0 fully saturated rings. The molecule has 1 aromatic carbocycles. The van der Waals surface area contributed by atoms with Crippen molar-refractivity contribution < 1.29 is 14.3 Å². The molecule has 3 aromatic rings. The van der Waals surface area contributed by atoms with Crippen LogP contribution in [0.5, 0.6) is 0 Å². The molecule has 0 saturated heterocycles. The molecule has 3 N–H and O–H groups in total. The largest absolute Gasteiger partial charge is 0.452 e. The molecule has 1 amide bonds. The molecule has 0 radical (unpaired) electrons. The van der Waals surface area contributed by atoms with Gasteiger partial charge >= 0.3 is 11.7 Å². The van der Waals surface area contributed by atoms with Crippen molar-refractivity contribution in [3.05, 3.63) is 67.8 Å². The number of ether oxygens (including phenoxy) is 1. The van der Waals surface area contributed by atoms with Crippen LogP contribution in [0.2, 0.25) is 0 Å². The number of aryl methyl sites for hydroxylation is 1. The number of H-pyrrole nitrogens is 2. The van der Waals surface area contributed by atoms with Crippen molar-refractivity contribution in [2.45, 2.75) is 6.92 Å². The van der Waals surface area contributed by atoms with Gasteiger partial charge in [-0.25, -0.2) is 14.6 Å². The topological polar surface area (TPSA) is 134 Å². The van der Waals surface area contributed by atoms with Gasteiger partial charge in [0, 0.05) is 17.1 Å². The van der Waals surface area contributed by atoms with E-state index in [0.29, 0.717) is 10.8 Å². The number of carbonyl (C=O) groups excluding carboxylic acids is 2. The minimum atomic E-state index is -1.03. The van der Waals surface area contributed by atoms with Crippen LogP contribution in [0.1, 0.15) is 15.9 Å². The third-order valence-electron chi connectivity index (χ3n) is 3.47. The summed E-state index contributed by atoms with van der Waals surface area (Å²) in [6.07, 6.45) is 0.927. The van der Waals surface area contributed by atoms with Gasteiger partial charge in [0.05, 0.1) is 5.69 Å². The molecule has 0 saturated carbocycles. The summed E-state index contributed by atoms with van der Waals surface area (Å²) in [6, 6.07) is 7.79. The van der Waals surface area contributed by atoms with Gasteiger partial charge in [0.2, 0.25) is 0 Å². The SMILES string of the molecule is Cc1ccc(-c2csc(NC(=O)COC(=O)c3c[nH]c(=O)[nH]c3=O)n2)cc1. The highest BCUT2D eigenvalue weighted by Crippen LogP contribution is 2.25. The minimum absolute atomic E-state index is 0.355. The van der Waals surface area contributed by atoms with E-state index in [2.05, 4.69) is 15.3 Å². The van der Waals surface area contributed by atoms with Crippen molar-refractivity contribution in [1.29, 1.82) is 0 Å². The van der Waals surface area contributed by atoms with Crippen molar-refractivity contribution >= 4 is 28.3 Å². The maximum absolute atomic E-state index is 11.9. The van der Waals surface area contributed by atoms with Gasteiger partial charge < -0.3 is 9.72 Å². The van der Waals surface area contributed by atoms with E-state index in [1.165, 1.54) is 11.3 Å². The van der Waals surface area contributed by atoms with E-state index in [4.69, 9.17) is 4.74 Å². The monoisotopic (exact) mass is 386 g/mol. The van der Waals surface area contributed by atoms with E-state index in [-0.39, 0.29) is 0 Å². The van der Waals surface area contributed by atoms with Crippen molar-refractivity contribution in [2.24, 2.45) is 0 Å². The standard InChI is InChI=1S/C17H14N4O5S/c1-9-2-4-10(5-3-9)12-8-27-17(19-12)20-13(22)7-26-15(24)11-6-18-16(25)21-14(11)23/h2-6,8H,7H2,1H3,(H,19,20,22)(H2,18,21,23,25). The van der Waals surface area contributed by atoms with E-state index >= 15 is 0 Å². The zero-order valence-electron chi connectivity index (χ0n) is 14.1. The van der Waals surface area contributed by atoms with Gasteiger partial charge in [-0.3, -0.25) is 19.9 Å². The fraction of sp³-hybridized carbons (Fsp3) is 0.118. The molecule has 138 valence electrons. The second kappa shape index (κ2) is 7.79. The number of aromatic nitrogens is 3. The van der Waals surface area contributed by atoms with E-state index in [0.717, 1.165) is 17.3 Å². The van der Waals surface area contributed by atoms with E-state index in [1.54, 1.807) is 5.38 Å². The number of aromatic amines is 2. The molecule has 2 aromatic heterocycles. The van der Waals surface area contributed by atoms with Crippen LogP contribution < -0.4 is 16.6 Å². The lowest BCUT2D eigenvalue weighted by Crippen LogP contribution is -2.29. The molecule has 0 aliphatic rings. The van der Waals surface area contributed by atoms with Gasteiger partial charge in [-0.2, -0.15) is 0 Å². The first-order valence-electron chi connectivity index (χ1n) is 7.74. The van der Waals surface area contributed by atoms with Gasteiger partial charge in [0.15, 0.2) is 11.7 Å². The Morgan fingerprint density at radius 1 is 1.22 bits per heavy atom. The van der Waals surface area contributed by atoms with Crippen LogP contribution in [0, 0.1) is 6.92 Å². The molecule has 0 spiro atoms. The molecule has 0 aliphatic heterocycles. The summed E-state index contributed by atoms with van der Waals surface area (Å²) in [5.74, 6) is -1.63. The summed E-state index contributed by atoms with van der Waals surface area (Å²) >= 11 is 1.23. The molecule has 0 aliphatic carbocycles. The Kier molecular flexibility index (Phi) is 5.27. The zero-order valence-corrected chi connectivity index (χ0v) is 14.9. The summed E-state index contributed by atoms with van der Waals surface area (Å²) in [6.45, 7) is 1.38. The lowest BCUT2D eigenvalue weighted by Gasteiger charge is -2.04. The maximum atomic E-state index is 11.9. The van der Waals surface area contributed by atoms with Crippen LogP contribution in [0.4, 0.5) is 5.13 Å². The third-order valence-corrected chi connectivity index (χ3v) is 4.23. The van der Waals surface area contributed by atoms with Gasteiger partial charge in [0.25, 0.3) is 11.5 Å². The first-order valence-corrected chi connectivity index (χ1v) is 8.62. The number of esters is 1. The number of carbonyl (C=O) groups is 2. The summed E-state index contributed by atoms with van der Waals surface area (Å²) < 4.78 is 4.77. The number of hydrogen-bond donors (Lipinski definition) is 3. The molecule has 0 atom stereocenters. The van der Waals surface area contributed by atoms with E-state index in [1.807, 2.05) is 36.2 Å². The predicted molar refractivity (Wildman–Crippen MR) is 98.9 cm³/mol. The number of hydrogen-bond acceptors (Lipinski definition) is 7. The van der Waals surface area contributed by atoms with Crippen molar-refractivity contribution in [2.75, 3.05) is 11.9 Å². The van der Waals surface area contributed by atoms with Crippen LogP contribution >= 0.6 is 11.3 Å². The highest BCUT2D eigenvalue weighted by atomic mass is 32.1. The predicted octanol–water partition coefficient (Wildman–Crippen LogP) is 1.29. The fourth-order valence-electron chi connectivity index (χ4n) is 2.11. The van der Waals surface area contributed by atoms with Crippen molar-refractivity contribution in [3.63, 3.8) is 0 Å². The number of nitrogens with zero attached hydrogens (tertiary/aromatic N) is 1. The molecule has 0 bridgehead atoms. The summed E-state index contributed by atoms with van der Waals surface area (Å²) in [5, 5.41) is 4.67. The Morgan fingerprint density at radius 3 is 2.67 bits per heavy atom. The number of nitrogens with one attached hydrogen (secondary N) is 3. The van der Waals surface area contributed by atoms with Gasteiger partial charge in [-0.1, -0.05) is 29.8 Å². The lowest BCUT2D eigenvalue weighted by molar-refractivity contribution is -0.119. The molecule has 10 heteroatoms. The van der Waals surface area contributed by atoms with E-state index in [9.17, 15) is 19.2 Å². The summed E-state index contributed by atoms with van der Waals surface area (Å²) in [7, 11) is 0. The normalized spacial score (nSPS) is 10.4. The fourth-order valence-corrected chi connectivity index (χ4v) is 2.85. The van der Waals surface area contributed by atoms with Gasteiger partial charge in [0.1, 0.15) is 5.56 Å². The van der Waals surface area contributed by atoms with Gasteiger partial charge in [-0.15, -0.1) is 11.3 Å². The maximum Gasteiger partial charge on any atom is 0.345 e. The highest BCUT2D eigenvalue weighted by Gasteiger charge is 2.15. The number of anilines is 1. The Morgan fingerprint density at radius 2 is 1.96 bits per heavy atom. The number of thiazole rings is 1. The lowest BCUT2D eigenvalue weighted by atomic mass is 10.1. The number of amides is 1. The van der Waals surface area contributed by atoms with Crippen LogP contribution in [-0.2, 0) is 9.53 Å². The second-order valence-electron chi connectivity index (χ2n) is 5.51. The summed E-state index contributed by atoms with van der Waals surface area (Å²) in [4.78, 5) is 54.5. The van der Waals surface area contributed by atoms with Crippen LogP contribution in [0.3, 0.4) is 0 Å². The van der Waals surface area contributed by atoms with Gasteiger partial charge in [-0.05, 0) is 6.92 Å².